The Balaban J connectivity index is 2.76. The molecule has 1 aromatic carbocycles. The van der Waals surface area contributed by atoms with Gasteiger partial charge in [-0.05, 0) is 24.1 Å². The highest BCUT2D eigenvalue weighted by Gasteiger charge is 2.17. The number of aliphatic hydroxyl groups excluding tert-OH is 3. The van der Waals surface area contributed by atoms with Crippen LogP contribution in [0.3, 0.4) is 0 Å². The van der Waals surface area contributed by atoms with Crippen LogP contribution in [0.15, 0.2) is 24.3 Å². The van der Waals surface area contributed by atoms with Gasteiger partial charge in [0.1, 0.15) is 6.10 Å². The van der Waals surface area contributed by atoms with Gasteiger partial charge in [-0.1, -0.05) is 12.1 Å². The van der Waals surface area contributed by atoms with Crippen LogP contribution in [-0.2, 0) is 0 Å². The van der Waals surface area contributed by atoms with Crippen molar-refractivity contribution in [3.05, 3.63) is 29.8 Å². The van der Waals surface area contributed by atoms with E-state index >= 15 is 0 Å². The number of aliphatic hydroxyl groups is 3. The fraction of sp³-hybridized carbons (Fsp3) is 0.400. The third-order valence-corrected chi connectivity index (χ3v) is 2.18. The van der Waals surface area contributed by atoms with Gasteiger partial charge in [0.15, 0.2) is 0 Å². The van der Waals surface area contributed by atoms with E-state index in [1.165, 1.54) is 0 Å². The lowest BCUT2D eigenvalue weighted by Crippen LogP contribution is -2.19. The van der Waals surface area contributed by atoms with Gasteiger partial charge < -0.3 is 20.7 Å². The van der Waals surface area contributed by atoms with Gasteiger partial charge in [-0.15, -0.1) is 0 Å². The molecule has 1 rings (SSSR count). The van der Waals surface area contributed by atoms with Crippen LogP contribution in [0.1, 0.15) is 18.1 Å². The number of hydrogen-bond acceptors (Lipinski definition) is 5. The number of benzene rings is 1. The van der Waals surface area contributed by atoms with E-state index < -0.39 is 12.2 Å². The van der Waals surface area contributed by atoms with Crippen molar-refractivity contribution in [1.82, 2.24) is 0 Å². The summed E-state index contributed by atoms with van der Waals surface area (Å²) in [5.74, 6) is 5.22. The molecule has 1 aromatic rings. The second-order valence-electron chi connectivity index (χ2n) is 3.29. The molecule has 0 fully saturated rings. The summed E-state index contributed by atoms with van der Waals surface area (Å²) in [6, 6.07) is 6.80. The van der Waals surface area contributed by atoms with E-state index in [0.29, 0.717) is 11.3 Å². The molecule has 0 amide bonds. The van der Waals surface area contributed by atoms with Crippen molar-refractivity contribution in [2.75, 3.05) is 12.0 Å². The van der Waals surface area contributed by atoms with Crippen molar-refractivity contribution in [2.24, 2.45) is 5.84 Å². The Morgan fingerprint density at radius 3 is 2.67 bits per heavy atom. The maximum atomic E-state index is 9.71. The number of anilines is 1. The Kier molecular flexibility index (Phi) is 4.51. The predicted molar refractivity (Wildman–Crippen MR) is 56.9 cm³/mol. The lowest BCUT2D eigenvalue weighted by molar-refractivity contribution is 0.00425. The van der Waals surface area contributed by atoms with Gasteiger partial charge >= 0.3 is 0 Å². The van der Waals surface area contributed by atoms with Crippen molar-refractivity contribution in [3.8, 4) is 0 Å². The van der Waals surface area contributed by atoms with E-state index in [9.17, 15) is 10.2 Å². The molecule has 6 N–H and O–H groups in total. The fourth-order valence-electron chi connectivity index (χ4n) is 1.32. The normalized spacial score (nSPS) is 14.7. The first kappa shape index (κ1) is 11.9. The third-order valence-electron chi connectivity index (χ3n) is 2.18. The number of hydrogen-bond donors (Lipinski definition) is 5. The van der Waals surface area contributed by atoms with Crippen LogP contribution in [0.2, 0.25) is 0 Å². The van der Waals surface area contributed by atoms with Crippen molar-refractivity contribution in [3.63, 3.8) is 0 Å². The quantitative estimate of drug-likeness (QED) is 0.342. The molecular weight excluding hydrogens is 196 g/mol. The highest BCUT2D eigenvalue weighted by Crippen LogP contribution is 2.21. The minimum atomic E-state index is -1.01. The van der Waals surface area contributed by atoms with Crippen molar-refractivity contribution >= 4 is 5.69 Å². The smallest absolute Gasteiger partial charge is 0.105 e. The molecule has 5 nitrogen and oxygen atoms in total. The lowest BCUT2D eigenvalue weighted by atomic mass is 10.0. The molecule has 0 heterocycles. The topological polar surface area (TPSA) is 98.7 Å². The van der Waals surface area contributed by atoms with Gasteiger partial charge in [0.25, 0.3) is 0 Å². The van der Waals surface area contributed by atoms with E-state index in [0.717, 1.165) is 0 Å². The van der Waals surface area contributed by atoms with E-state index in [1.54, 1.807) is 24.3 Å². The van der Waals surface area contributed by atoms with Crippen molar-refractivity contribution in [1.29, 1.82) is 0 Å². The highest BCUT2D eigenvalue weighted by molar-refractivity contribution is 5.45. The fourth-order valence-corrected chi connectivity index (χ4v) is 1.32. The summed E-state index contributed by atoms with van der Waals surface area (Å²) in [6.07, 6.45) is -1.84. The average Bonchev–Trinajstić information content (AvgIpc) is 2.28. The summed E-state index contributed by atoms with van der Waals surface area (Å²) in [7, 11) is 0. The van der Waals surface area contributed by atoms with Gasteiger partial charge in [-0.2, -0.15) is 0 Å². The first-order valence-electron chi connectivity index (χ1n) is 4.72. The molecule has 0 aliphatic heterocycles. The Morgan fingerprint density at radius 2 is 2.07 bits per heavy atom. The molecule has 84 valence electrons. The number of nitrogens with one attached hydrogen (secondary N) is 1. The number of nitrogens with two attached hydrogens (primary N) is 1. The molecule has 0 saturated heterocycles. The van der Waals surface area contributed by atoms with Crippen LogP contribution in [0, 0.1) is 0 Å². The van der Waals surface area contributed by atoms with Gasteiger partial charge in [0, 0.05) is 12.3 Å². The van der Waals surface area contributed by atoms with Crippen molar-refractivity contribution < 1.29 is 15.3 Å². The monoisotopic (exact) mass is 212 g/mol. The summed E-state index contributed by atoms with van der Waals surface area (Å²) < 4.78 is 0. The van der Waals surface area contributed by atoms with Crippen LogP contribution < -0.4 is 11.3 Å². The number of hydrazine groups is 1. The molecule has 2 unspecified atom stereocenters. The van der Waals surface area contributed by atoms with Gasteiger partial charge in [-0.3, -0.25) is 5.84 Å². The molecule has 15 heavy (non-hydrogen) atoms. The first-order chi connectivity index (χ1) is 7.19. The van der Waals surface area contributed by atoms with Crippen LogP contribution in [0.25, 0.3) is 0 Å². The van der Waals surface area contributed by atoms with Crippen LogP contribution in [0.5, 0.6) is 0 Å². The molecule has 0 bridgehead atoms. The maximum absolute atomic E-state index is 9.71. The summed E-state index contributed by atoms with van der Waals surface area (Å²) in [5, 5.41) is 27.8. The largest absolute Gasteiger partial charge is 0.396 e. The lowest BCUT2D eigenvalue weighted by Gasteiger charge is -2.17. The van der Waals surface area contributed by atoms with Crippen molar-refractivity contribution in [2.45, 2.75) is 18.6 Å². The Hall–Kier alpha value is -1.14. The molecule has 5 heteroatoms. The molecule has 0 radical (unpaired) electrons. The minimum absolute atomic E-state index is 0.140. The van der Waals surface area contributed by atoms with Gasteiger partial charge in [0.2, 0.25) is 0 Å². The molecule has 0 spiro atoms. The van der Waals surface area contributed by atoms with Crippen LogP contribution in [0.4, 0.5) is 5.69 Å². The number of rotatable bonds is 5. The summed E-state index contributed by atoms with van der Waals surface area (Å²) in [6.45, 7) is -0.160. The molecule has 2 atom stereocenters. The molecular formula is C10H16N2O3. The standard InChI is InChI=1S/C10H16N2O3/c11-12-8-3-1-2-7(6-8)10(15)9(14)4-5-13/h1-3,6,9-10,12-15H,4-5,11H2. The molecule has 0 aliphatic rings. The van der Waals surface area contributed by atoms with E-state index in [1.807, 2.05) is 0 Å². The van der Waals surface area contributed by atoms with Crippen LogP contribution >= 0.6 is 0 Å². The third kappa shape index (κ3) is 3.17. The Bertz CT molecular complexity index is 306. The second-order valence-corrected chi connectivity index (χ2v) is 3.29. The molecule has 0 saturated carbocycles. The molecule has 0 aromatic heterocycles. The average molecular weight is 212 g/mol. The maximum Gasteiger partial charge on any atom is 0.105 e. The number of nitrogen functional groups attached to an aromatic ring is 1. The van der Waals surface area contributed by atoms with E-state index in [4.69, 9.17) is 10.9 Å². The highest BCUT2D eigenvalue weighted by atomic mass is 16.3. The molecule has 0 aliphatic carbocycles. The summed E-state index contributed by atoms with van der Waals surface area (Å²) in [4.78, 5) is 0. The summed E-state index contributed by atoms with van der Waals surface area (Å²) >= 11 is 0. The Labute approximate surface area is 88.1 Å². The van der Waals surface area contributed by atoms with E-state index in [2.05, 4.69) is 5.43 Å². The predicted octanol–water partition coefficient (Wildman–Crippen LogP) is -0.251. The zero-order valence-corrected chi connectivity index (χ0v) is 8.30. The van der Waals surface area contributed by atoms with Crippen LogP contribution in [-0.4, -0.2) is 28.0 Å². The second kappa shape index (κ2) is 5.67. The minimum Gasteiger partial charge on any atom is -0.396 e. The SMILES string of the molecule is NNc1cccc(C(O)C(O)CCO)c1. The van der Waals surface area contributed by atoms with E-state index in [-0.39, 0.29) is 13.0 Å². The first-order valence-corrected chi connectivity index (χ1v) is 4.72. The van der Waals surface area contributed by atoms with Gasteiger partial charge in [-0.25, -0.2) is 0 Å². The van der Waals surface area contributed by atoms with Gasteiger partial charge in [0.05, 0.1) is 6.10 Å². The summed E-state index contributed by atoms with van der Waals surface area (Å²) in [5.41, 5.74) is 3.67. The Morgan fingerprint density at radius 1 is 1.33 bits per heavy atom. The zero-order chi connectivity index (χ0) is 11.3. The zero-order valence-electron chi connectivity index (χ0n) is 8.30.